The second-order valence-corrected chi connectivity index (χ2v) is 12.9. The summed E-state index contributed by atoms with van der Waals surface area (Å²) in [7, 11) is 1.96. The standard InChI is InChI=1S/C29H36ClF2N3O4S/c1-15-10-23(40-5)21(27(37)34-15)14-33-26(36)20-11-22(30)25-24(16(20)2)38-28(3,39-25)17-6-8-18(9-7-17)35(4)19-12-29(31,32)13-19/h10-11,17-19,21H,6-9,12-14H2,1-5H3,(H,33,36). The zero-order valence-electron chi connectivity index (χ0n) is 23.5. The van der Waals surface area contributed by atoms with Crippen molar-refractivity contribution in [3.05, 3.63) is 33.2 Å². The van der Waals surface area contributed by atoms with Crippen LogP contribution in [0.1, 0.15) is 68.3 Å². The number of rotatable bonds is 7. The SMILES string of the molecule is CSC1=CC(C)=NC(=O)C1CNC(=O)c1cc(Cl)c2c(c1C)OC(C)(C1CCC(N(C)C3CC(F)(F)C3)CC1)O2. The van der Waals surface area contributed by atoms with E-state index in [0.717, 1.165) is 30.6 Å². The Hall–Kier alpha value is -2.17. The van der Waals surface area contributed by atoms with Gasteiger partial charge in [-0.05, 0) is 65.0 Å². The highest BCUT2D eigenvalue weighted by atomic mass is 35.5. The van der Waals surface area contributed by atoms with Crippen molar-refractivity contribution in [3.63, 3.8) is 0 Å². The molecule has 2 saturated carbocycles. The maximum atomic E-state index is 13.4. The molecule has 2 aliphatic carbocycles. The molecule has 2 unspecified atom stereocenters. The van der Waals surface area contributed by atoms with Crippen molar-refractivity contribution in [1.29, 1.82) is 0 Å². The number of thioether (sulfide) groups is 1. The van der Waals surface area contributed by atoms with Crippen molar-refractivity contribution >= 4 is 40.9 Å². The molecule has 2 atom stereocenters. The fourth-order valence-electron chi connectivity index (χ4n) is 6.36. The van der Waals surface area contributed by atoms with Crippen molar-refractivity contribution in [2.24, 2.45) is 16.8 Å². The topological polar surface area (TPSA) is 80.2 Å². The first-order chi connectivity index (χ1) is 18.8. The van der Waals surface area contributed by atoms with Crippen LogP contribution in [0.25, 0.3) is 0 Å². The average molecular weight is 596 g/mol. The number of carbonyl (C=O) groups is 2. The molecule has 2 aliphatic heterocycles. The van der Waals surface area contributed by atoms with Gasteiger partial charge in [0, 0.05) is 66.1 Å². The van der Waals surface area contributed by atoms with E-state index in [-0.39, 0.29) is 54.2 Å². The molecule has 1 aromatic rings. The molecular formula is C29H36ClF2N3O4S. The zero-order chi connectivity index (χ0) is 29.0. The monoisotopic (exact) mass is 595 g/mol. The van der Waals surface area contributed by atoms with E-state index in [1.807, 2.05) is 26.3 Å². The molecule has 1 N–H and O–H groups in total. The van der Waals surface area contributed by atoms with Gasteiger partial charge in [-0.3, -0.25) is 9.59 Å². The minimum absolute atomic E-state index is 0.0576. The van der Waals surface area contributed by atoms with Crippen LogP contribution in [0.2, 0.25) is 5.02 Å². The lowest BCUT2D eigenvalue weighted by Gasteiger charge is -2.47. The fraction of sp³-hybridized carbons (Fsp3) is 0.621. The molecule has 0 saturated heterocycles. The van der Waals surface area contributed by atoms with Gasteiger partial charge in [0.15, 0.2) is 11.5 Å². The molecule has 7 nitrogen and oxygen atoms in total. The number of hydrogen-bond acceptors (Lipinski definition) is 6. The molecule has 0 spiro atoms. The summed E-state index contributed by atoms with van der Waals surface area (Å²) in [6, 6.07) is 1.78. The van der Waals surface area contributed by atoms with E-state index in [1.165, 1.54) is 11.8 Å². The number of aliphatic imine (C=N–C) groups is 1. The predicted octanol–water partition coefficient (Wildman–Crippen LogP) is 6.02. The minimum atomic E-state index is -2.52. The van der Waals surface area contributed by atoms with Gasteiger partial charge in [0.25, 0.3) is 23.5 Å². The summed E-state index contributed by atoms with van der Waals surface area (Å²) >= 11 is 8.07. The van der Waals surface area contributed by atoms with E-state index in [2.05, 4.69) is 15.2 Å². The Labute approximate surface area is 243 Å². The Morgan fingerprint density at radius 2 is 1.82 bits per heavy atom. The summed E-state index contributed by atoms with van der Waals surface area (Å²) in [6.07, 6.45) is 7.04. The Balaban J connectivity index is 1.23. The molecule has 2 heterocycles. The fourth-order valence-corrected chi connectivity index (χ4v) is 7.35. The van der Waals surface area contributed by atoms with Gasteiger partial charge in [-0.1, -0.05) is 11.6 Å². The van der Waals surface area contributed by atoms with E-state index >= 15 is 0 Å². The number of dihydropyridines is 1. The van der Waals surface area contributed by atoms with Gasteiger partial charge in [0.1, 0.15) is 0 Å². The first-order valence-corrected chi connectivity index (χ1v) is 15.4. The normalized spacial score (nSPS) is 29.6. The quantitative estimate of drug-likeness (QED) is 0.415. The van der Waals surface area contributed by atoms with Crippen LogP contribution in [0.4, 0.5) is 8.78 Å². The molecule has 0 aromatic heterocycles. The number of allylic oxidation sites excluding steroid dienone is 1. The van der Waals surface area contributed by atoms with E-state index in [9.17, 15) is 18.4 Å². The molecule has 4 aliphatic rings. The number of carbonyl (C=O) groups excluding carboxylic acids is 2. The molecule has 0 bridgehead atoms. The van der Waals surface area contributed by atoms with Gasteiger partial charge in [-0.15, -0.1) is 11.8 Å². The van der Waals surface area contributed by atoms with Crippen molar-refractivity contribution in [2.45, 2.75) is 83.1 Å². The highest BCUT2D eigenvalue weighted by molar-refractivity contribution is 8.02. The summed E-state index contributed by atoms with van der Waals surface area (Å²) < 4.78 is 39.5. The summed E-state index contributed by atoms with van der Waals surface area (Å²) in [5.41, 5.74) is 1.63. The number of hydrogen-bond donors (Lipinski definition) is 1. The molecule has 1 aromatic carbocycles. The van der Waals surface area contributed by atoms with Crippen molar-refractivity contribution < 1.29 is 27.8 Å². The lowest BCUT2D eigenvalue weighted by atomic mass is 9.79. The lowest BCUT2D eigenvalue weighted by Crippen LogP contribution is -2.54. The average Bonchev–Trinajstić information content (AvgIpc) is 3.27. The molecule has 5 rings (SSSR count). The first kappa shape index (κ1) is 29.3. The third kappa shape index (κ3) is 5.51. The smallest absolute Gasteiger partial charge is 0.255 e. The van der Waals surface area contributed by atoms with E-state index in [1.54, 1.807) is 19.9 Å². The van der Waals surface area contributed by atoms with Crippen LogP contribution in [-0.2, 0) is 4.79 Å². The maximum Gasteiger partial charge on any atom is 0.255 e. The molecular weight excluding hydrogens is 560 g/mol. The number of halogens is 3. The number of alkyl halides is 2. The van der Waals surface area contributed by atoms with E-state index in [0.29, 0.717) is 28.3 Å². The third-order valence-corrected chi connectivity index (χ3v) is 10.1. The summed E-state index contributed by atoms with van der Waals surface area (Å²) in [6.45, 7) is 5.60. The van der Waals surface area contributed by atoms with Crippen LogP contribution in [0.3, 0.4) is 0 Å². The summed E-state index contributed by atoms with van der Waals surface area (Å²) in [5, 5.41) is 3.16. The summed E-state index contributed by atoms with van der Waals surface area (Å²) in [4.78, 5) is 32.7. The molecule has 40 heavy (non-hydrogen) atoms. The Bertz CT molecular complexity index is 1270. The number of amides is 2. The third-order valence-electron chi connectivity index (χ3n) is 8.93. The molecule has 0 radical (unpaired) electrons. The van der Waals surface area contributed by atoms with Crippen molar-refractivity contribution in [2.75, 3.05) is 19.8 Å². The maximum absolute atomic E-state index is 13.4. The van der Waals surface area contributed by atoms with Crippen LogP contribution < -0.4 is 14.8 Å². The Morgan fingerprint density at radius 1 is 1.18 bits per heavy atom. The van der Waals surface area contributed by atoms with Gasteiger partial charge in [0.2, 0.25) is 0 Å². The first-order valence-electron chi connectivity index (χ1n) is 13.8. The molecule has 2 fully saturated rings. The van der Waals surface area contributed by atoms with Crippen LogP contribution >= 0.6 is 23.4 Å². The second kappa shape index (κ2) is 10.9. The molecule has 218 valence electrons. The number of ether oxygens (including phenoxy) is 2. The highest BCUT2D eigenvalue weighted by Gasteiger charge is 2.51. The van der Waals surface area contributed by atoms with E-state index < -0.39 is 17.6 Å². The van der Waals surface area contributed by atoms with Crippen molar-refractivity contribution in [3.8, 4) is 11.5 Å². The largest absolute Gasteiger partial charge is 0.448 e. The second-order valence-electron chi connectivity index (χ2n) is 11.6. The van der Waals surface area contributed by atoms with E-state index in [4.69, 9.17) is 21.1 Å². The van der Waals surface area contributed by atoms with Gasteiger partial charge < -0.3 is 19.7 Å². The molecule has 11 heteroatoms. The zero-order valence-corrected chi connectivity index (χ0v) is 25.1. The Morgan fingerprint density at radius 3 is 2.45 bits per heavy atom. The van der Waals surface area contributed by atoms with Crippen LogP contribution in [-0.4, -0.2) is 66.1 Å². The van der Waals surface area contributed by atoms with Gasteiger partial charge in [-0.2, -0.15) is 0 Å². The van der Waals surface area contributed by atoms with Gasteiger partial charge in [-0.25, -0.2) is 13.8 Å². The van der Waals surface area contributed by atoms with Crippen LogP contribution in [0, 0.1) is 18.8 Å². The predicted molar refractivity (Wildman–Crippen MR) is 153 cm³/mol. The van der Waals surface area contributed by atoms with Gasteiger partial charge >= 0.3 is 0 Å². The number of fused-ring (bicyclic) bond motifs is 1. The highest BCUT2D eigenvalue weighted by Crippen LogP contribution is 2.52. The van der Waals surface area contributed by atoms with Crippen LogP contribution in [0.15, 0.2) is 22.0 Å². The lowest BCUT2D eigenvalue weighted by molar-refractivity contribution is -0.141. The summed E-state index contributed by atoms with van der Waals surface area (Å²) in [5.74, 6) is -3.66. The molecule has 2 amide bonds. The number of benzene rings is 1. The number of nitrogens with zero attached hydrogens (tertiary/aromatic N) is 2. The van der Waals surface area contributed by atoms with Gasteiger partial charge in [0.05, 0.1) is 10.9 Å². The van der Waals surface area contributed by atoms with Crippen molar-refractivity contribution in [1.82, 2.24) is 10.2 Å². The number of nitrogens with one attached hydrogen (secondary N) is 1. The van der Waals surface area contributed by atoms with Crippen LogP contribution in [0.5, 0.6) is 11.5 Å². The Kier molecular flexibility index (Phi) is 8.00. The minimum Gasteiger partial charge on any atom is -0.448 e.